The molecule has 0 aromatic carbocycles. The van der Waals surface area contributed by atoms with E-state index in [0.29, 0.717) is 0 Å². The number of nitrogens with zero attached hydrogens (tertiary/aromatic N) is 1. The van der Waals surface area contributed by atoms with Gasteiger partial charge in [-0.15, -0.1) is 0 Å². The van der Waals surface area contributed by atoms with Gasteiger partial charge in [0.2, 0.25) is 0 Å². The van der Waals surface area contributed by atoms with Crippen molar-refractivity contribution >= 4 is 0 Å². The first-order chi connectivity index (χ1) is 7.66. The van der Waals surface area contributed by atoms with Crippen LogP contribution >= 0.6 is 0 Å². The zero-order valence-corrected chi connectivity index (χ0v) is 10.8. The third-order valence-electron chi connectivity index (χ3n) is 3.85. The summed E-state index contributed by atoms with van der Waals surface area (Å²) in [6, 6.07) is 4.34. The van der Waals surface area contributed by atoms with Gasteiger partial charge in [0.25, 0.3) is 0 Å². The first-order valence-corrected chi connectivity index (χ1v) is 6.55. The summed E-state index contributed by atoms with van der Waals surface area (Å²) in [5.41, 5.74) is 6.18. The zero-order valence-electron chi connectivity index (χ0n) is 10.8. The minimum Gasteiger partial charge on any atom is -0.326 e. The largest absolute Gasteiger partial charge is 0.326 e. The van der Waals surface area contributed by atoms with Gasteiger partial charge in [0.15, 0.2) is 0 Å². The minimum absolute atomic E-state index is 0.866. The Bertz CT molecular complexity index is 321. The summed E-state index contributed by atoms with van der Waals surface area (Å²) >= 11 is 0. The second kappa shape index (κ2) is 4.94. The van der Waals surface area contributed by atoms with E-state index in [1.165, 1.54) is 37.1 Å². The molecular weight excluding hydrogens is 196 g/mol. The molecule has 0 saturated heterocycles. The fraction of sp³-hybridized carbons (Fsp3) is 0.714. The van der Waals surface area contributed by atoms with E-state index in [-0.39, 0.29) is 0 Å². The number of hydrogen-bond donors (Lipinski definition) is 1. The highest BCUT2D eigenvalue weighted by atomic mass is 15.4. The van der Waals surface area contributed by atoms with Gasteiger partial charge in [-0.1, -0.05) is 19.8 Å². The van der Waals surface area contributed by atoms with Crippen LogP contribution in [0.15, 0.2) is 12.1 Å². The number of aromatic nitrogens is 1. The fourth-order valence-corrected chi connectivity index (χ4v) is 2.88. The molecule has 1 saturated carbocycles. The number of nitrogens with one attached hydrogen (secondary N) is 1. The Hall–Kier alpha value is -0.920. The molecule has 0 bridgehead atoms. The van der Waals surface area contributed by atoms with Crippen molar-refractivity contribution in [2.75, 3.05) is 12.0 Å². The van der Waals surface area contributed by atoms with Gasteiger partial charge in [0, 0.05) is 17.9 Å². The topological polar surface area (TPSA) is 17.0 Å². The highest BCUT2D eigenvalue weighted by Crippen LogP contribution is 2.28. The lowest BCUT2D eigenvalue weighted by Crippen LogP contribution is -2.27. The standard InChI is InChI=1S/C14H24N2/c1-11-5-4-6-14(9-11)10-15-16-12(2)7-8-13(16)3/h7-8,11,14-15H,4-6,9-10H2,1-3H3. The van der Waals surface area contributed by atoms with E-state index >= 15 is 0 Å². The number of hydrogen-bond acceptors (Lipinski definition) is 1. The molecule has 2 nitrogen and oxygen atoms in total. The van der Waals surface area contributed by atoms with Gasteiger partial charge < -0.3 is 5.43 Å². The molecule has 1 aliphatic rings. The second-order valence-corrected chi connectivity index (χ2v) is 5.45. The number of rotatable bonds is 3. The van der Waals surface area contributed by atoms with Crippen LogP contribution in [0.3, 0.4) is 0 Å². The Morgan fingerprint density at radius 3 is 2.56 bits per heavy atom. The molecule has 0 radical (unpaired) electrons. The maximum absolute atomic E-state index is 3.57. The van der Waals surface area contributed by atoms with Crippen LogP contribution in [0.2, 0.25) is 0 Å². The first-order valence-electron chi connectivity index (χ1n) is 6.55. The Morgan fingerprint density at radius 2 is 1.94 bits per heavy atom. The van der Waals surface area contributed by atoms with E-state index in [2.05, 4.69) is 43.0 Å². The molecule has 1 aliphatic carbocycles. The van der Waals surface area contributed by atoms with Crippen molar-refractivity contribution in [2.45, 2.75) is 46.5 Å². The van der Waals surface area contributed by atoms with Crippen LogP contribution in [-0.2, 0) is 0 Å². The van der Waals surface area contributed by atoms with Crippen LogP contribution in [0.5, 0.6) is 0 Å². The zero-order chi connectivity index (χ0) is 11.5. The van der Waals surface area contributed by atoms with Gasteiger partial charge in [-0.25, -0.2) is 0 Å². The molecule has 1 fully saturated rings. The van der Waals surface area contributed by atoms with E-state index in [0.717, 1.165) is 18.4 Å². The molecule has 1 aromatic heterocycles. The predicted molar refractivity (Wildman–Crippen MR) is 69.3 cm³/mol. The molecule has 0 spiro atoms. The monoisotopic (exact) mass is 220 g/mol. The van der Waals surface area contributed by atoms with Gasteiger partial charge in [-0.05, 0) is 50.7 Å². The molecule has 2 rings (SSSR count). The molecule has 1 aromatic rings. The van der Waals surface area contributed by atoms with Crippen molar-refractivity contribution in [3.05, 3.63) is 23.5 Å². The van der Waals surface area contributed by atoms with Gasteiger partial charge in [0.1, 0.15) is 0 Å². The first kappa shape index (κ1) is 11.6. The fourth-order valence-electron chi connectivity index (χ4n) is 2.88. The summed E-state index contributed by atoms with van der Waals surface area (Å²) in [6.45, 7) is 7.83. The maximum Gasteiger partial charge on any atom is 0.0366 e. The Morgan fingerprint density at radius 1 is 1.25 bits per heavy atom. The quantitative estimate of drug-likeness (QED) is 0.825. The summed E-state index contributed by atoms with van der Waals surface area (Å²) in [6.07, 6.45) is 5.64. The normalized spacial score (nSPS) is 25.7. The molecule has 0 amide bonds. The molecule has 2 atom stereocenters. The van der Waals surface area contributed by atoms with Crippen LogP contribution in [0.4, 0.5) is 0 Å². The van der Waals surface area contributed by atoms with Crippen LogP contribution in [0.25, 0.3) is 0 Å². The summed E-state index contributed by atoms with van der Waals surface area (Å²) in [5.74, 6) is 1.79. The smallest absolute Gasteiger partial charge is 0.0366 e. The lowest BCUT2D eigenvalue weighted by molar-refractivity contribution is 0.289. The van der Waals surface area contributed by atoms with Crippen LogP contribution in [0, 0.1) is 25.7 Å². The van der Waals surface area contributed by atoms with Crippen molar-refractivity contribution in [1.29, 1.82) is 0 Å². The summed E-state index contributed by atoms with van der Waals surface area (Å²) < 4.78 is 2.22. The van der Waals surface area contributed by atoms with Crippen molar-refractivity contribution in [3.8, 4) is 0 Å². The molecular formula is C14H24N2. The van der Waals surface area contributed by atoms with Crippen molar-refractivity contribution in [1.82, 2.24) is 4.68 Å². The van der Waals surface area contributed by atoms with E-state index in [1.54, 1.807) is 0 Å². The maximum atomic E-state index is 3.57. The van der Waals surface area contributed by atoms with Gasteiger partial charge in [0.05, 0.1) is 0 Å². The summed E-state index contributed by atoms with van der Waals surface area (Å²) in [7, 11) is 0. The average molecular weight is 220 g/mol. The van der Waals surface area contributed by atoms with E-state index < -0.39 is 0 Å². The Balaban J connectivity index is 1.87. The van der Waals surface area contributed by atoms with Gasteiger partial charge in [-0.3, -0.25) is 4.68 Å². The third-order valence-corrected chi connectivity index (χ3v) is 3.85. The lowest BCUT2D eigenvalue weighted by atomic mass is 9.82. The number of aryl methyl sites for hydroxylation is 2. The molecule has 1 heterocycles. The molecule has 0 aliphatic heterocycles. The predicted octanol–water partition coefficient (Wildman–Crippen LogP) is 3.47. The van der Waals surface area contributed by atoms with Gasteiger partial charge >= 0.3 is 0 Å². The lowest BCUT2D eigenvalue weighted by Gasteiger charge is -2.27. The van der Waals surface area contributed by atoms with Crippen molar-refractivity contribution < 1.29 is 0 Å². The SMILES string of the molecule is Cc1ccc(C)n1NCC1CCCC(C)C1. The van der Waals surface area contributed by atoms with Crippen LogP contribution in [0.1, 0.15) is 44.0 Å². The van der Waals surface area contributed by atoms with Crippen LogP contribution < -0.4 is 5.43 Å². The van der Waals surface area contributed by atoms with Crippen molar-refractivity contribution in [3.63, 3.8) is 0 Å². The van der Waals surface area contributed by atoms with E-state index in [1.807, 2.05) is 0 Å². The highest BCUT2D eigenvalue weighted by Gasteiger charge is 2.18. The molecule has 16 heavy (non-hydrogen) atoms. The molecule has 90 valence electrons. The molecule has 2 heteroatoms. The summed E-state index contributed by atoms with van der Waals surface area (Å²) in [5, 5.41) is 0. The highest BCUT2D eigenvalue weighted by molar-refractivity contribution is 5.15. The van der Waals surface area contributed by atoms with E-state index in [9.17, 15) is 0 Å². The molecule has 1 N–H and O–H groups in total. The Kier molecular flexibility index (Phi) is 3.57. The Labute approximate surface area is 99.0 Å². The van der Waals surface area contributed by atoms with Crippen molar-refractivity contribution in [2.24, 2.45) is 11.8 Å². The second-order valence-electron chi connectivity index (χ2n) is 5.45. The minimum atomic E-state index is 0.866. The molecule has 2 unspecified atom stereocenters. The summed E-state index contributed by atoms with van der Waals surface area (Å²) in [4.78, 5) is 0. The van der Waals surface area contributed by atoms with Crippen LogP contribution in [-0.4, -0.2) is 11.2 Å². The van der Waals surface area contributed by atoms with Gasteiger partial charge in [-0.2, -0.15) is 0 Å². The van der Waals surface area contributed by atoms with E-state index in [4.69, 9.17) is 0 Å². The third kappa shape index (κ3) is 2.60. The average Bonchev–Trinajstić information content (AvgIpc) is 2.56.